The molecule has 1 aromatic heterocycles. The van der Waals surface area contributed by atoms with E-state index in [0.717, 1.165) is 25.7 Å². The van der Waals surface area contributed by atoms with Gasteiger partial charge in [0.15, 0.2) is 11.1 Å². The van der Waals surface area contributed by atoms with Crippen molar-refractivity contribution < 1.29 is 0 Å². The number of aromatic nitrogens is 1. The van der Waals surface area contributed by atoms with Gasteiger partial charge in [-0.15, -0.1) is 0 Å². The molecule has 20 heavy (non-hydrogen) atoms. The van der Waals surface area contributed by atoms with E-state index in [9.17, 15) is 0 Å². The zero-order valence-corrected chi connectivity index (χ0v) is 12.3. The van der Waals surface area contributed by atoms with Crippen LogP contribution in [0.25, 0.3) is 0 Å². The SMILES string of the molecule is N=C(N)N(CCCc1cccnc1)C(=S)NC1CCC1. The van der Waals surface area contributed by atoms with Gasteiger partial charge >= 0.3 is 0 Å². The molecule has 6 heteroatoms. The molecule has 0 aliphatic heterocycles. The van der Waals surface area contributed by atoms with Crippen molar-refractivity contribution >= 4 is 23.3 Å². The van der Waals surface area contributed by atoms with Crippen LogP contribution in [0.3, 0.4) is 0 Å². The van der Waals surface area contributed by atoms with Crippen LogP contribution in [0, 0.1) is 5.41 Å². The topological polar surface area (TPSA) is 78.0 Å². The Morgan fingerprint density at radius 3 is 2.90 bits per heavy atom. The first-order chi connectivity index (χ1) is 9.66. The highest BCUT2D eigenvalue weighted by molar-refractivity contribution is 7.80. The van der Waals surface area contributed by atoms with E-state index in [1.807, 2.05) is 12.3 Å². The van der Waals surface area contributed by atoms with Gasteiger partial charge in [-0.05, 0) is 56.0 Å². The Hall–Kier alpha value is -1.69. The minimum Gasteiger partial charge on any atom is -0.370 e. The van der Waals surface area contributed by atoms with Crippen molar-refractivity contribution in [3.8, 4) is 0 Å². The van der Waals surface area contributed by atoms with Gasteiger partial charge in [0.1, 0.15) is 0 Å². The highest BCUT2D eigenvalue weighted by Gasteiger charge is 2.21. The molecule has 0 saturated heterocycles. The molecule has 1 heterocycles. The van der Waals surface area contributed by atoms with Crippen molar-refractivity contribution in [1.29, 1.82) is 5.41 Å². The molecular weight excluding hydrogens is 270 g/mol. The molecule has 0 bridgehead atoms. The molecule has 1 fully saturated rings. The van der Waals surface area contributed by atoms with Crippen molar-refractivity contribution in [1.82, 2.24) is 15.2 Å². The monoisotopic (exact) mass is 291 g/mol. The van der Waals surface area contributed by atoms with Gasteiger partial charge in [0.2, 0.25) is 0 Å². The molecule has 2 rings (SSSR count). The van der Waals surface area contributed by atoms with Crippen LogP contribution in [0.2, 0.25) is 0 Å². The fourth-order valence-corrected chi connectivity index (χ4v) is 2.48. The van der Waals surface area contributed by atoms with Gasteiger partial charge in [-0.25, -0.2) is 0 Å². The first-order valence-electron chi connectivity index (χ1n) is 6.98. The number of hydrogen-bond acceptors (Lipinski definition) is 3. The molecule has 5 nitrogen and oxygen atoms in total. The number of thiocarbonyl (C=S) groups is 1. The third-order valence-electron chi connectivity index (χ3n) is 3.54. The minimum atomic E-state index is 0.00742. The third kappa shape index (κ3) is 4.16. The van der Waals surface area contributed by atoms with Crippen LogP contribution in [0.4, 0.5) is 0 Å². The molecule has 0 atom stereocenters. The summed E-state index contributed by atoms with van der Waals surface area (Å²) in [5.74, 6) is 0.00742. The molecular formula is C14H21N5S. The first kappa shape index (κ1) is 14.7. The van der Waals surface area contributed by atoms with Gasteiger partial charge in [0.25, 0.3) is 0 Å². The lowest BCUT2D eigenvalue weighted by molar-refractivity contribution is 0.373. The number of aryl methyl sites for hydroxylation is 1. The van der Waals surface area contributed by atoms with Gasteiger partial charge in [-0.2, -0.15) is 0 Å². The van der Waals surface area contributed by atoms with Crippen molar-refractivity contribution in [3.05, 3.63) is 30.1 Å². The molecule has 0 amide bonds. The summed E-state index contributed by atoms with van der Waals surface area (Å²) in [7, 11) is 0. The zero-order valence-electron chi connectivity index (χ0n) is 11.5. The summed E-state index contributed by atoms with van der Waals surface area (Å²) < 4.78 is 0. The van der Waals surface area contributed by atoms with Crippen molar-refractivity contribution in [2.24, 2.45) is 5.73 Å². The molecule has 1 aliphatic carbocycles. The van der Waals surface area contributed by atoms with Crippen LogP contribution in [0.15, 0.2) is 24.5 Å². The fourth-order valence-electron chi connectivity index (χ4n) is 2.12. The van der Waals surface area contributed by atoms with Gasteiger partial charge in [-0.1, -0.05) is 6.07 Å². The maximum absolute atomic E-state index is 7.65. The molecule has 0 spiro atoms. The molecule has 0 aromatic carbocycles. The van der Waals surface area contributed by atoms with E-state index in [2.05, 4.69) is 16.4 Å². The predicted octanol–water partition coefficient (Wildman–Crippen LogP) is 1.64. The van der Waals surface area contributed by atoms with E-state index in [1.165, 1.54) is 12.0 Å². The number of hydrogen-bond donors (Lipinski definition) is 3. The lowest BCUT2D eigenvalue weighted by Crippen LogP contribution is -2.51. The summed E-state index contributed by atoms with van der Waals surface area (Å²) in [6, 6.07) is 4.44. The number of nitrogens with two attached hydrogens (primary N) is 1. The quantitative estimate of drug-likeness (QED) is 0.437. The number of pyridine rings is 1. The summed E-state index contributed by atoms with van der Waals surface area (Å²) in [5.41, 5.74) is 6.81. The summed E-state index contributed by atoms with van der Waals surface area (Å²) in [6.07, 6.45) is 8.98. The summed E-state index contributed by atoms with van der Waals surface area (Å²) in [4.78, 5) is 5.76. The zero-order chi connectivity index (χ0) is 14.4. The fraction of sp³-hybridized carbons (Fsp3) is 0.500. The lowest BCUT2D eigenvalue weighted by atomic mass is 9.93. The Balaban J connectivity index is 1.79. The van der Waals surface area contributed by atoms with E-state index in [-0.39, 0.29) is 5.96 Å². The summed E-state index contributed by atoms with van der Waals surface area (Å²) in [6.45, 7) is 0.656. The lowest BCUT2D eigenvalue weighted by Gasteiger charge is -2.32. The highest BCUT2D eigenvalue weighted by Crippen LogP contribution is 2.18. The molecule has 0 unspecified atom stereocenters. The van der Waals surface area contributed by atoms with E-state index in [4.69, 9.17) is 23.4 Å². The normalized spacial score (nSPS) is 14.4. The average molecular weight is 291 g/mol. The molecule has 1 aromatic rings. The second-order valence-electron chi connectivity index (χ2n) is 5.08. The van der Waals surface area contributed by atoms with Crippen LogP contribution < -0.4 is 11.1 Å². The Morgan fingerprint density at radius 1 is 1.55 bits per heavy atom. The van der Waals surface area contributed by atoms with Crippen LogP contribution in [-0.4, -0.2) is 33.5 Å². The number of rotatable bonds is 5. The maximum atomic E-state index is 7.65. The number of nitrogens with zero attached hydrogens (tertiary/aromatic N) is 2. The molecule has 1 saturated carbocycles. The third-order valence-corrected chi connectivity index (χ3v) is 3.88. The number of guanidine groups is 1. The van der Waals surface area contributed by atoms with E-state index >= 15 is 0 Å². The summed E-state index contributed by atoms with van der Waals surface area (Å²) in [5, 5.41) is 11.5. The van der Waals surface area contributed by atoms with E-state index in [0.29, 0.717) is 17.7 Å². The smallest absolute Gasteiger partial charge is 0.194 e. The Labute approximate surface area is 125 Å². The molecule has 4 N–H and O–H groups in total. The Kier molecular flexibility index (Phi) is 5.29. The van der Waals surface area contributed by atoms with Gasteiger partial charge in [-0.3, -0.25) is 15.3 Å². The van der Waals surface area contributed by atoms with Gasteiger partial charge < -0.3 is 11.1 Å². The van der Waals surface area contributed by atoms with Crippen LogP contribution >= 0.6 is 12.2 Å². The van der Waals surface area contributed by atoms with Crippen LogP contribution in [0.5, 0.6) is 0 Å². The van der Waals surface area contributed by atoms with Gasteiger partial charge in [0, 0.05) is 25.0 Å². The van der Waals surface area contributed by atoms with Gasteiger partial charge in [0.05, 0.1) is 0 Å². The van der Waals surface area contributed by atoms with Crippen LogP contribution in [0.1, 0.15) is 31.2 Å². The average Bonchev–Trinajstić information content (AvgIpc) is 2.39. The second kappa shape index (κ2) is 7.19. The Bertz CT molecular complexity index is 458. The van der Waals surface area contributed by atoms with E-state index in [1.54, 1.807) is 11.1 Å². The molecule has 0 radical (unpaired) electrons. The van der Waals surface area contributed by atoms with E-state index < -0.39 is 0 Å². The summed E-state index contributed by atoms with van der Waals surface area (Å²) >= 11 is 5.34. The first-order valence-corrected chi connectivity index (χ1v) is 7.38. The van der Waals surface area contributed by atoms with Crippen molar-refractivity contribution in [3.63, 3.8) is 0 Å². The standard InChI is InChI=1S/C14H21N5S/c15-13(16)19(14(20)18-12-6-1-7-12)9-3-5-11-4-2-8-17-10-11/h2,4,8,10,12H,1,3,5-7,9H2,(H3,15,16)(H,18,20). The van der Waals surface area contributed by atoms with Crippen LogP contribution in [-0.2, 0) is 6.42 Å². The largest absolute Gasteiger partial charge is 0.370 e. The molecule has 1 aliphatic rings. The Morgan fingerprint density at radius 2 is 2.35 bits per heavy atom. The minimum absolute atomic E-state index is 0.00742. The highest BCUT2D eigenvalue weighted by atomic mass is 32.1. The van der Waals surface area contributed by atoms with Crippen molar-refractivity contribution in [2.75, 3.05) is 6.54 Å². The molecule has 108 valence electrons. The number of nitrogens with one attached hydrogen (secondary N) is 2. The second-order valence-corrected chi connectivity index (χ2v) is 5.47. The maximum Gasteiger partial charge on any atom is 0.194 e. The van der Waals surface area contributed by atoms with Crippen molar-refractivity contribution in [2.45, 2.75) is 38.1 Å². The predicted molar refractivity (Wildman–Crippen MR) is 84.6 cm³/mol.